The Morgan fingerprint density at radius 3 is 2.00 bits per heavy atom. The first-order valence-corrected chi connectivity index (χ1v) is 3.73. The number of carboxylic acid groups (broad SMARTS) is 1. The molecule has 0 radical (unpaired) electrons. The molecule has 0 amide bonds. The summed E-state index contributed by atoms with van der Waals surface area (Å²) < 4.78 is 0. The van der Waals surface area contributed by atoms with Crippen molar-refractivity contribution in [3.05, 3.63) is 23.8 Å². The maximum atomic E-state index is 10.9. The topological polar surface area (TPSA) is 120 Å². The van der Waals surface area contributed by atoms with Crippen molar-refractivity contribution in [1.29, 1.82) is 0 Å². The number of hydrogen-bond donors (Lipinski definition) is 3. The molecule has 0 aliphatic heterocycles. The lowest BCUT2D eigenvalue weighted by atomic mass is 10.0. The van der Waals surface area contributed by atoms with Gasteiger partial charge in [0.15, 0.2) is 0 Å². The van der Waals surface area contributed by atoms with Gasteiger partial charge in [-0.15, -0.1) is 0 Å². The predicted molar refractivity (Wildman–Crippen MR) is 42.2 cm³/mol. The summed E-state index contributed by atoms with van der Waals surface area (Å²) in [6, 6.07) is 0. The van der Waals surface area contributed by atoms with E-state index in [0.29, 0.717) is 11.4 Å². The third-order valence-corrected chi connectivity index (χ3v) is 1.71. The average Bonchev–Trinajstić information content (AvgIpc) is 2.75. The molecule has 0 aliphatic rings. The molecule has 0 spiro atoms. The number of aromatic amines is 2. The quantitative estimate of drug-likeness (QED) is 0.584. The van der Waals surface area contributed by atoms with E-state index in [2.05, 4.69) is 30.8 Å². The summed E-state index contributed by atoms with van der Waals surface area (Å²) in [5, 5.41) is 28.1. The van der Waals surface area contributed by atoms with E-state index in [1.807, 2.05) is 0 Å². The lowest BCUT2D eigenvalue weighted by Crippen LogP contribution is -2.14. The fraction of sp³-hybridized carbons (Fsp3) is 0.167. The summed E-state index contributed by atoms with van der Waals surface area (Å²) in [7, 11) is 0. The predicted octanol–water partition coefficient (Wildman–Crippen LogP) is -0.861. The Bertz CT molecular complexity index is 373. The van der Waals surface area contributed by atoms with Crippen molar-refractivity contribution in [2.75, 3.05) is 0 Å². The summed E-state index contributed by atoms with van der Waals surface area (Å²) in [5.41, 5.74) is 0.595. The number of aromatic nitrogens is 6. The minimum Gasteiger partial charge on any atom is -0.480 e. The molecule has 0 saturated heterocycles. The normalized spacial score (nSPS) is 10.6. The van der Waals surface area contributed by atoms with Crippen molar-refractivity contribution in [2.24, 2.45) is 0 Å². The van der Waals surface area contributed by atoms with Gasteiger partial charge in [-0.25, -0.2) is 0 Å². The Hall–Kier alpha value is -2.25. The minimum absolute atomic E-state index is 0.298. The number of nitrogens with zero attached hydrogens (tertiary/aromatic N) is 4. The van der Waals surface area contributed by atoms with Crippen molar-refractivity contribution in [1.82, 2.24) is 30.8 Å². The molecule has 2 heterocycles. The molecular formula is C6H6N6O2. The Balaban J connectivity index is 2.40. The van der Waals surface area contributed by atoms with Crippen LogP contribution >= 0.6 is 0 Å². The van der Waals surface area contributed by atoms with Crippen molar-refractivity contribution in [3.8, 4) is 0 Å². The second-order valence-electron chi connectivity index (χ2n) is 2.56. The first-order chi connectivity index (χ1) is 6.79. The second-order valence-corrected chi connectivity index (χ2v) is 2.56. The van der Waals surface area contributed by atoms with Crippen LogP contribution in [0, 0.1) is 0 Å². The second kappa shape index (κ2) is 3.24. The van der Waals surface area contributed by atoms with Gasteiger partial charge in [0.2, 0.25) is 0 Å². The molecule has 2 aromatic rings. The molecule has 8 nitrogen and oxygen atoms in total. The van der Waals surface area contributed by atoms with Gasteiger partial charge in [-0.05, 0) is 0 Å². The van der Waals surface area contributed by atoms with Crippen molar-refractivity contribution in [2.45, 2.75) is 5.92 Å². The van der Waals surface area contributed by atoms with Crippen molar-refractivity contribution >= 4 is 5.97 Å². The molecule has 0 atom stereocenters. The molecule has 3 N–H and O–H groups in total. The van der Waals surface area contributed by atoms with Gasteiger partial charge < -0.3 is 5.11 Å². The van der Waals surface area contributed by atoms with Crippen LogP contribution in [0.2, 0.25) is 0 Å². The van der Waals surface area contributed by atoms with Gasteiger partial charge >= 0.3 is 5.97 Å². The van der Waals surface area contributed by atoms with Crippen LogP contribution in [0.25, 0.3) is 0 Å². The lowest BCUT2D eigenvalue weighted by Gasteiger charge is -2.03. The number of hydrogen-bond acceptors (Lipinski definition) is 5. The van der Waals surface area contributed by atoms with E-state index in [4.69, 9.17) is 5.11 Å². The number of aliphatic carboxylic acids is 1. The highest BCUT2D eigenvalue weighted by Gasteiger charge is 2.26. The van der Waals surface area contributed by atoms with Crippen LogP contribution in [0.1, 0.15) is 17.3 Å². The van der Waals surface area contributed by atoms with Crippen LogP contribution in [-0.2, 0) is 4.79 Å². The van der Waals surface area contributed by atoms with Crippen LogP contribution in [0.5, 0.6) is 0 Å². The average molecular weight is 194 g/mol. The Morgan fingerprint density at radius 1 is 1.21 bits per heavy atom. The molecule has 2 rings (SSSR count). The number of carbonyl (C=O) groups is 1. The zero-order valence-electron chi connectivity index (χ0n) is 6.88. The van der Waals surface area contributed by atoms with Gasteiger partial charge in [-0.1, -0.05) is 0 Å². The third-order valence-electron chi connectivity index (χ3n) is 1.71. The van der Waals surface area contributed by atoms with Crippen LogP contribution in [0.15, 0.2) is 12.4 Å². The molecule has 8 heteroatoms. The molecule has 72 valence electrons. The molecule has 0 aromatic carbocycles. The van der Waals surface area contributed by atoms with E-state index in [9.17, 15) is 4.79 Å². The summed E-state index contributed by atoms with van der Waals surface area (Å²) in [4.78, 5) is 10.9. The molecule has 0 unspecified atom stereocenters. The highest BCUT2D eigenvalue weighted by atomic mass is 16.4. The van der Waals surface area contributed by atoms with E-state index >= 15 is 0 Å². The Labute approximate surface area is 77.3 Å². The number of carboxylic acids is 1. The van der Waals surface area contributed by atoms with Gasteiger partial charge in [-0.2, -0.15) is 30.8 Å². The first kappa shape index (κ1) is 8.35. The van der Waals surface area contributed by atoms with Gasteiger partial charge in [0, 0.05) is 0 Å². The maximum absolute atomic E-state index is 10.9. The van der Waals surface area contributed by atoms with Crippen LogP contribution in [0.4, 0.5) is 0 Å². The summed E-state index contributed by atoms with van der Waals surface area (Å²) in [6.07, 6.45) is 2.68. The third kappa shape index (κ3) is 1.32. The van der Waals surface area contributed by atoms with Crippen molar-refractivity contribution < 1.29 is 9.90 Å². The Kier molecular flexibility index (Phi) is 1.94. The zero-order valence-corrected chi connectivity index (χ0v) is 6.88. The SMILES string of the molecule is O=C(O)C(c1cn[nH]n1)c1cn[nH]n1. The molecule has 0 saturated carbocycles. The summed E-state index contributed by atoms with van der Waals surface area (Å²) in [5.74, 6) is -1.99. The van der Waals surface area contributed by atoms with Crippen LogP contribution in [0.3, 0.4) is 0 Å². The number of H-pyrrole nitrogens is 2. The maximum Gasteiger partial charge on any atom is 0.319 e. The fourth-order valence-electron chi connectivity index (χ4n) is 1.10. The zero-order chi connectivity index (χ0) is 9.97. The monoisotopic (exact) mass is 194 g/mol. The van der Waals surface area contributed by atoms with E-state index in [1.165, 1.54) is 12.4 Å². The standard InChI is InChI=1S/C6H6N6O2/c13-6(14)5(3-1-7-11-9-3)4-2-8-12-10-4/h1-2,5H,(H,13,14)(H,7,9,11)(H,8,10,12). The van der Waals surface area contributed by atoms with E-state index in [0.717, 1.165) is 0 Å². The lowest BCUT2D eigenvalue weighted by molar-refractivity contribution is -0.137. The van der Waals surface area contributed by atoms with E-state index in [1.54, 1.807) is 0 Å². The largest absolute Gasteiger partial charge is 0.480 e. The molecule has 0 aliphatic carbocycles. The van der Waals surface area contributed by atoms with Crippen molar-refractivity contribution in [3.63, 3.8) is 0 Å². The highest BCUT2D eigenvalue weighted by molar-refractivity contribution is 5.78. The van der Waals surface area contributed by atoms with Gasteiger partial charge in [0.25, 0.3) is 0 Å². The highest BCUT2D eigenvalue weighted by Crippen LogP contribution is 2.19. The Morgan fingerprint density at radius 2 is 1.71 bits per heavy atom. The molecule has 0 bridgehead atoms. The number of nitrogens with one attached hydrogen (secondary N) is 2. The van der Waals surface area contributed by atoms with Gasteiger partial charge in [-0.3, -0.25) is 4.79 Å². The summed E-state index contributed by atoms with van der Waals surface area (Å²) >= 11 is 0. The van der Waals surface area contributed by atoms with E-state index in [-0.39, 0.29) is 0 Å². The minimum atomic E-state index is -1.05. The molecule has 2 aromatic heterocycles. The van der Waals surface area contributed by atoms with Gasteiger partial charge in [0.1, 0.15) is 17.3 Å². The van der Waals surface area contributed by atoms with Gasteiger partial charge in [0.05, 0.1) is 12.4 Å². The first-order valence-electron chi connectivity index (χ1n) is 3.73. The van der Waals surface area contributed by atoms with Crippen LogP contribution in [-0.4, -0.2) is 41.9 Å². The smallest absolute Gasteiger partial charge is 0.319 e. The molecule has 0 fully saturated rings. The molecule has 14 heavy (non-hydrogen) atoms. The fourth-order valence-corrected chi connectivity index (χ4v) is 1.10. The van der Waals surface area contributed by atoms with Crippen LogP contribution < -0.4 is 0 Å². The molecular weight excluding hydrogens is 188 g/mol. The summed E-state index contributed by atoms with van der Waals surface area (Å²) in [6.45, 7) is 0. The van der Waals surface area contributed by atoms with E-state index < -0.39 is 11.9 Å². The number of rotatable bonds is 3.